The van der Waals surface area contributed by atoms with E-state index >= 15 is 0 Å². The molecule has 1 atom stereocenters. The second-order valence-electron chi connectivity index (χ2n) is 6.29. The van der Waals surface area contributed by atoms with Gasteiger partial charge in [-0.15, -0.1) is 0 Å². The molecule has 1 aliphatic heterocycles. The Bertz CT molecular complexity index is 915. The maximum absolute atomic E-state index is 12.6. The van der Waals surface area contributed by atoms with E-state index in [2.05, 4.69) is 5.32 Å². The molecule has 2 amide bonds. The maximum atomic E-state index is 12.6. The standard InChI is InChI=1S/C20H18Cl2N2O4/c1-2-28-20(27)12-3-6-15(7-4-12)23-19(26)13-9-18(25)24(11-13)17-10-14(21)5-8-16(17)22/h3-8,10,13H,2,9,11H2,1H3,(H,23,26)/t13-/m0/s1. The first-order chi connectivity index (χ1) is 13.4. The third-order valence-electron chi connectivity index (χ3n) is 4.36. The van der Waals surface area contributed by atoms with Crippen molar-refractivity contribution in [3.8, 4) is 0 Å². The number of carbonyl (C=O) groups excluding carboxylic acids is 3. The number of halogens is 2. The number of hydrogen-bond donors (Lipinski definition) is 1. The lowest BCUT2D eigenvalue weighted by Crippen LogP contribution is -2.28. The van der Waals surface area contributed by atoms with Crippen molar-refractivity contribution >= 4 is 52.4 Å². The summed E-state index contributed by atoms with van der Waals surface area (Å²) in [5.74, 6) is -1.41. The van der Waals surface area contributed by atoms with Crippen LogP contribution in [-0.2, 0) is 14.3 Å². The van der Waals surface area contributed by atoms with Crippen molar-refractivity contribution in [2.24, 2.45) is 5.92 Å². The molecule has 1 fully saturated rings. The van der Waals surface area contributed by atoms with Gasteiger partial charge in [-0.25, -0.2) is 4.79 Å². The molecular formula is C20H18Cl2N2O4. The first-order valence-corrected chi connectivity index (χ1v) is 9.48. The van der Waals surface area contributed by atoms with Gasteiger partial charge in [-0.1, -0.05) is 23.2 Å². The normalized spacial score (nSPS) is 16.2. The van der Waals surface area contributed by atoms with Crippen LogP contribution in [0.2, 0.25) is 10.0 Å². The number of anilines is 2. The highest BCUT2D eigenvalue weighted by Crippen LogP contribution is 2.33. The maximum Gasteiger partial charge on any atom is 0.338 e. The minimum atomic E-state index is -0.521. The van der Waals surface area contributed by atoms with E-state index in [9.17, 15) is 14.4 Å². The van der Waals surface area contributed by atoms with E-state index in [1.165, 1.54) is 4.90 Å². The van der Waals surface area contributed by atoms with Gasteiger partial charge in [-0.05, 0) is 49.4 Å². The monoisotopic (exact) mass is 420 g/mol. The average molecular weight is 421 g/mol. The highest BCUT2D eigenvalue weighted by Gasteiger charge is 2.36. The van der Waals surface area contributed by atoms with Crippen LogP contribution in [0.4, 0.5) is 11.4 Å². The summed E-state index contributed by atoms with van der Waals surface area (Å²) in [4.78, 5) is 38.1. The fourth-order valence-electron chi connectivity index (χ4n) is 2.96. The summed E-state index contributed by atoms with van der Waals surface area (Å²) in [6.07, 6.45) is 0.0790. The van der Waals surface area contributed by atoms with Crippen molar-refractivity contribution in [1.29, 1.82) is 0 Å². The Morgan fingerprint density at radius 1 is 1.18 bits per heavy atom. The lowest BCUT2D eigenvalue weighted by molar-refractivity contribution is -0.122. The van der Waals surface area contributed by atoms with Gasteiger partial charge in [-0.3, -0.25) is 9.59 Å². The average Bonchev–Trinajstić information content (AvgIpc) is 3.06. The van der Waals surface area contributed by atoms with Crippen LogP contribution in [0, 0.1) is 5.92 Å². The van der Waals surface area contributed by atoms with Gasteiger partial charge in [0.15, 0.2) is 0 Å². The molecule has 2 aromatic rings. The largest absolute Gasteiger partial charge is 0.462 e. The first-order valence-electron chi connectivity index (χ1n) is 8.72. The molecule has 3 rings (SSSR count). The van der Waals surface area contributed by atoms with Crippen molar-refractivity contribution in [1.82, 2.24) is 0 Å². The molecule has 8 heteroatoms. The Morgan fingerprint density at radius 2 is 1.89 bits per heavy atom. The molecule has 0 radical (unpaired) electrons. The zero-order valence-electron chi connectivity index (χ0n) is 15.1. The van der Waals surface area contributed by atoms with Gasteiger partial charge in [0.25, 0.3) is 0 Å². The minimum absolute atomic E-state index is 0.0790. The van der Waals surface area contributed by atoms with E-state index in [0.717, 1.165) is 0 Å². The fraction of sp³-hybridized carbons (Fsp3) is 0.250. The van der Waals surface area contributed by atoms with Gasteiger partial charge in [0.2, 0.25) is 11.8 Å². The summed E-state index contributed by atoms with van der Waals surface area (Å²) in [5, 5.41) is 3.63. The summed E-state index contributed by atoms with van der Waals surface area (Å²) in [6.45, 7) is 2.24. The third-order valence-corrected chi connectivity index (χ3v) is 4.91. The molecule has 28 heavy (non-hydrogen) atoms. The smallest absolute Gasteiger partial charge is 0.338 e. The number of carbonyl (C=O) groups is 3. The van der Waals surface area contributed by atoms with Crippen molar-refractivity contribution in [2.75, 3.05) is 23.4 Å². The van der Waals surface area contributed by atoms with Gasteiger partial charge in [-0.2, -0.15) is 0 Å². The van der Waals surface area contributed by atoms with Crippen LogP contribution in [-0.4, -0.2) is 30.9 Å². The highest BCUT2D eigenvalue weighted by molar-refractivity contribution is 6.36. The van der Waals surface area contributed by atoms with Crippen molar-refractivity contribution in [2.45, 2.75) is 13.3 Å². The molecule has 1 aliphatic rings. The molecule has 0 aliphatic carbocycles. The number of nitrogens with one attached hydrogen (secondary N) is 1. The quantitative estimate of drug-likeness (QED) is 0.736. The number of rotatable bonds is 5. The van der Waals surface area contributed by atoms with Crippen LogP contribution in [0.25, 0.3) is 0 Å². The number of esters is 1. The van der Waals surface area contributed by atoms with E-state index in [0.29, 0.717) is 33.6 Å². The highest BCUT2D eigenvalue weighted by atomic mass is 35.5. The zero-order valence-corrected chi connectivity index (χ0v) is 16.6. The van der Waals surface area contributed by atoms with Gasteiger partial charge in [0.05, 0.1) is 28.8 Å². The molecule has 1 heterocycles. The lowest BCUT2D eigenvalue weighted by Gasteiger charge is -2.18. The Balaban J connectivity index is 1.66. The van der Waals surface area contributed by atoms with E-state index in [-0.39, 0.29) is 24.8 Å². The lowest BCUT2D eigenvalue weighted by atomic mass is 10.1. The number of amides is 2. The van der Waals surface area contributed by atoms with E-state index in [4.69, 9.17) is 27.9 Å². The van der Waals surface area contributed by atoms with Crippen LogP contribution in [0.15, 0.2) is 42.5 Å². The van der Waals surface area contributed by atoms with E-state index in [1.54, 1.807) is 49.4 Å². The predicted octanol–water partition coefficient (Wildman–Crippen LogP) is 4.16. The summed E-state index contributed by atoms with van der Waals surface area (Å²) in [7, 11) is 0. The summed E-state index contributed by atoms with van der Waals surface area (Å²) in [6, 6.07) is 11.2. The molecule has 146 valence electrons. The second-order valence-corrected chi connectivity index (χ2v) is 7.13. The Hall–Kier alpha value is -2.57. The van der Waals surface area contributed by atoms with Crippen LogP contribution in [0.5, 0.6) is 0 Å². The summed E-state index contributed by atoms with van der Waals surface area (Å²) >= 11 is 12.2. The van der Waals surface area contributed by atoms with Crippen LogP contribution >= 0.6 is 23.2 Å². The fourth-order valence-corrected chi connectivity index (χ4v) is 3.34. The molecule has 1 saturated heterocycles. The second kappa shape index (κ2) is 8.63. The molecule has 1 N–H and O–H groups in total. The predicted molar refractivity (Wildman–Crippen MR) is 108 cm³/mol. The third kappa shape index (κ3) is 4.46. The first kappa shape index (κ1) is 20.2. The van der Waals surface area contributed by atoms with Gasteiger partial charge >= 0.3 is 5.97 Å². The van der Waals surface area contributed by atoms with Crippen LogP contribution < -0.4 is 10.2 Å². The van der Waals surface area contributed by atoms with Gasteiger partial charge in [0.1, 0.15) is 0 Å². The Labute approximate surface area is 172 Å². The minimum Gasteiger partial charge on any atom is -0.462 e. The van der Waals surface area contributed by atoms with Gasteiger partial charge < -0.3 is 15.0 Å². The van der Waals surface area contributed by atoms with E-state index < -0.39 is 11.9 Å². The van der Waals surface area contributed by atoms with Crippen LogP contribution in [0.3, 0.4) is 0 Å². The summed E-state index contributed by atoms with van der Waals surface area (Å²) < 4.78 is 4.92. The molecule has 0 bridgehead atoms. The topological polar surface area (TPSA) is 75.7 Å². The summed E-state index contributed by atoms with van der Waals surface area (Å²) in [5.41, 5.74) is 1.43. The Morgan fingerprint density at radius 3 is 2.57 bits per heavy atom. The molecule has 0 aromatic heterocycles. The molecule has 6 nitrogen and oxygen atoms in total. The van der Waals surface area contributed by atoms with Gasteiger partial charge in [0, 0.05) is 23.7 Å². The van der Waals surface area contributed by atoms with Crippen molar-refractivity contribution in [3.63, 3.8) is 0 Å². The van der Waals surface area contributed by atoms with Crippen LogP contribution in [0.1, 0.15) is 23.7 Å². The van der Waals surface area contributed by atoms with Crippen molar-refractivity contribution in [3.05, 3.63) is 58.1 Å². The molecular weight excluding hydrogens is 403 g/mol. The molecule has 0 unspecified atom stereocenters. The molecule has 0 spiro atoms. The number of hydrogen-bond acceptors (Lipinski definition) is 4. The number of ether oxygens (including phenoxy) is 1. The molecule has 0 saturated carbocycles. The van der Waals surface area contributed by atoms with E-state index in [1.807, 2.05) is 0 Å². The SMILES string of the molecule is CCOC(=O)c1ccc(NC(=O)[C@H]2CC(=O)N(c3cc(Cl)ccc3Cl)C2)cc1. The zero-order chi connectivity index (χ0) is 20.3. The Kier molecular flexibility index (Phi) is 6.21. The van der Waals surface area contributed by atoms with Crippen molar-refractivity contribution < 1.29 is 19.1 Å². The number of nitrogens with zero attached hydrogens (tertiary/aromatic N) is 1. The number of benzene rings is 2. The molecule has 2 aromatic carbocycles.